The summed E-state index contributed by atoms with van der Waals surface area (Å²) >= 11 is 15.7. The minimum atomic E-state index is -0.651. The van der Waals surface area contributed by atoms with Crippen LogP contribution in [-0.4, -0.2) is 15.5 Å². The monoisotopic (exact) mass is 506 g/mol. The van der Waals surface area contributed by atoms with Crippen LogP contribution in [0.5, 0.6) is 0 Å². The molecule has 1 amide bonds. The number of para-hydroxylation sites is 1. The highest BCUT2D eigenvalue weighted by Crippen LogP contribution is 2.33. The number of fused-ring (bicyclic) bond motifs is 1. The first-order valence-electron chi connectivity index (χ1n) is 8.77. The van der Waals surface area contributed by atoms with E-state index in [1.54, 1.807) is 54.1 Å². The normalized spacial score (nSPS) is 11.0. The van der Waals surface area contributed by atoms with Crippen molar-refractivity contribution in [3.63, 3.8) is 0 Å². The summed E-state index contributed by atoms with van der Waals surface area (Å²) in [7, 11) is 1.73. The molecule has 1 heterocycles. The van der Waals surface area contributed by atoms with E-state index in [0.29, 0.717) is 38.4 Å². The van der Waals surface area contributed by atoms with Crippen LogP contribution in [-0.2, 0) is 7.05 Å². The molecule has 0 spiro atoms. The van der Waals surface area contributed by atoms with Crippen LogP contribution in [0.25, 0.3) is 11.0 Å². The quantitative estimate of drug-likeness (QED) is 0.320. The van der Waals surface area contributed by atoms with E-state index in [-0.39, 0.29) is 5.56 Å². The Morgan fingerprint density at radius 1 is 1.10 bits per heavy atom. The molecule has 0 fully saturated rings. The molecule has 9 heteroatoms. The van der Waals surface area contributed by atoms with Crippen molar-refractivity contribution in [2.45, 2.75) is 0 Å². The third-order valence-corrected chi connectivity index (χ3v) is 5.67. The van der Waals surface area contributed by atoms with Gasteiger partial charge in [-0.15, -0.1) is 0 Å². The van der Waals surface area contributed by atoms with Crippen LogP contribution in [0.1, 0.15) is 10.4 Å². The average molecular weight is 508 g/mol. The van der Waals surface area contributed by atoms with Gasteiger partial charge in [0, 0.05) is 23.3 Å². The van der Waals surface area contributed by atoms with Gasteiger partial charge in [0.15, 0.2) is 0 Å². The molecule has 0 aliphatic rings. The molecule has 5 nitrogen and oxygen atoms in total. The maximum Gasteiger partial charge on any atom is 0.258 e. The van der Waals surface area contributed by atoms with Crippen LogP contribution in [0.15, 0.2) is 59.1 Å². The van der Waals surface area contributed by atoms with Gasteiger partial charge >= 0.3 is 0 Å². The van der Waals surface area contributed by atoms with Gasteiger partial charge in [-0.2, -0.15) is 0 Å². The lowest BCUT2D eigenvalue weighted by Crippen LogP contribution is -2.13. The van der Waals surface area contributed by atoms with Gasteiger partial charge < -0.3 is 15.2 Å². The van der Waals surface area contributed by atoms with E-state index in [1.165, 1.54) is 12.1 Å². The molecule has 0 aliphatic heterocycles. The van der Waals surface area contributed by atoms with Crippen LogP contribution >= 0.6 is 39.1 Å². The predicted molar refractivity (Wildman–Crippen MR) is 123 cm³/mol. The Bertz CT molecular complexity index is 1250. The summed E-state index contributed by atoms with van der Waals surface area (Å²) in [5.41, 5.74) is 1.90. The maximum absolute atomic E-state index is 14.7. The number of hydrogen-bond acceptors (Lipinski definition) is 3. The molecule has 0 radical (unpaired) electrons. The van der Waals surface area contributed by atoms with E-state index in [2.05, 4.69) is 31.5 Å². The Hall–Kier alpha value is -2.61. The molecular formula is C21H14BrCl2FN4O. The molecule has 0 atom stereocenters. The Morgan fingerprint density at radius 2 is 1.77 bits per heavy atom. The summed E-state index contributed by atoms with van der Waals surface area (Å²) in [6.07, 6.45) is 0. The van der Waals surface area contributed by atoms with Crippen molar-refractivity contribution in [3.8, 4) is 0 Å². The number of amides is 1. The summed E-state index contributed by atoms with van der Waals surface area (Å²) in [4.78, 5) is 17.1. The number of carbonyl (C=O) groups is 1. The molecule has 0 aliphatic carbocycles. The van der Waals surface area contributed by atoms with E-state index in [4.69, 9.17) is 23.2 Å². The first-order chi connectivity index (χ1) is 14.3. The van der Waals surface area contributed by atoms with Crippen LogP contribution in [0.3, 0.4) is 0 Å². The van der Waals surface area contributed by atoms with Crippen molar-refractivity contribution in [2.75, 3.05) is 10.6 Å². The van der Waals surface area contributed by atoms with Gasteiger partial charge in [0.25, 0.3) is 5.91 Å². The van der Waals surface area contributed by atoms with E-state index in [1.807, 2.05) is 0 Å². The fourth-order valence-electron chi connectivity index (χ4n) is 2.96. The number of aryl methyl sites for hydroxylation is 1. The molecule has 152 valence electrons. The number of carbonyl (C=O) groups excluding carboxylic acids is 1. The smallest absolute Gasteiger partial charge is 0.258 e. The van der Waals surface area contributed by atoms with Gasteiger partial charge in [-0.25, -0.2) is 9.37 Å². The number of hydrogen-bond donors (Lipinski definition) is 2. The van der Waals surface area contributed by atoms with Crippen molar-refractivity contribution < 1.29 is 9.18 Å². The van der Waals surface area contributed by atoms with E-state index in [0.717, 1.165) is 4.47 Å². The molecule has 0 bridgehead atoms. The zero-order chi connectivity index (χ0) is 21.4. The molecule has 4 rings (SSSR count). The summed E-state index contributed by atoms with van der Waals surface area (Å²) < 4.78 is 17.2. The van der Waals surface area contributed by atoms with Crippen molar-refractivity contribution in [3.05, 3.63) is 80.5 Å². The number of imidazole rings is 1. The van der Waals surface area contributed by atoms with Gasteiger partial charge in [-0.05, 0) is 42.5 Å². The van der Waals surface area contributed by atoms with Gasteiger partial charge in [0.1, 0.15) is 5.82 Å². The summed E-state index contributed by atoms with van der Waals surface area (Å²) in [5.74, 6) is -0.807. The lowest BCUT2D eigenvalue weighted by atomic mass is 10.1. The Balaban J connectivity index is 1.68. The van der Waals surface area contributed by atoms with Gasteiger partial charge in [-0.3, -0.25) is 4.79 Å². The highest BCUT2D eigenvalue weighted by Gasteiger charge is 2.18. The summed E-state index contributed by atoms with van der Waals surface area (Å²) in [6.45, 7) is 0. The molecule has 0 saturated carbocycles. The largest absolute Gasteiger partial charge is 0.323 e. The number of halogens is 4. The summed E-state index contributed by atoms with van der Waals surface area (Å²) in [6, 6.07) is 14.8. The van der Waals surface area contributed by atoms with Crippen LogP contribution in [0, 0.1) is 5.82 Å². The molecule has 2 N–H and O–H groups in total. The molecule has 0 saturated heterocycles. The summed E-state index contributed by atoms with van der Waals surface area (Å²) in [5, 5.41) is 6.61. The fourth-order valence-corrected chi connectivity index (χ4v) is 3.72. The Kier molecular flexibility index (Phi) is 5.69. The number of anilines is 3. The minimum absolute atomic E-state index is 0.106. The minimum Gasteiger partial charge on any atom is -0.323 e. The standard InChI is InChI=1S/C21H14BrCl2FN4O/c1-29-18-10-16(25)13(20(30)26-12-7-5-11(22)6-8-12)9-17(18)27-21(29)28-19-14(23)3-2-4-15(19)24/h2-10H,1H3,(H,26,30)(H,27,28). The number of nitrogens with zero attached hydrogens (tertiary/aromatic N) is 2. The van der Waals surface area contributed by atoms with E-state index in [9.17, 15) is 9.18 Å². The van der Waals surface area contributed by atoms with E-state index >= 15 is 0 Å². The molecule has 30 heavy (non-hydrogen) atoms. The van der Waals surface area contributed by atoms with Crippen molar-refractivity contribution >= 4 is 73.4 Å². The van der Waals surface area contributed by atoms with Crippen LogP contribution < -0.4 is 10.6 Å². The highest BCUT2D eigenvalue weighted by molar-refractivity contribution is 9.10. The Labute approximate surface area is 189 Å². The number of aromatic nitrogens is 2. The second-order valence-corrected chi connectivity index (χ2v) is 8.23. The maximum atomic E-state index is 14.7. The molecule has 4 aromatic rings. The van der Waals surface area contributed by atoms with Crippen LogP contribution in [0.2, 0.25) is 10.0 Å². The second-order valence-electron chi connectivity index (χ2n) is 6.50. The molecular weight excluding hydrogens is 494 g/mol. The SMILES string of the molecule is Cn1c(Nc2c(Cl)cccc2Cl)nc2cc(C(=O)Nc3ccc(Br)cc3)c(F)cc21. The first-order valence-corrected chi connectivity index (χ1v) is 10.3. The second kappa shape index (κ2) is 8.26. The predicted octanol–water partition coefficient (Wildman–Crippen LogP) is 6.78. The average Bonchev–Trinajstić information content (AvgIpc) is 3.01. The number of rotatable bonds is 4. The lowest BCUT2D eigenvalue weighted by molar-refractivity contribution is 0.102. The first kappa shape index (κ1) is 20.7. The zero-order valence-corrected chi connectivity index (χ0v) is 18.6. The Morgan fingerprint density at radius 3 is 2.43 bits per heavy atom. The topological polar surface area (TPSA) is 59.0 Å². The lowest BCUT2D eigenvalue weighted by Gasteiger charge is -2.09. The number of nitrogens with one attached hydrogen (secondary N) is 2. The highest BCUT2D eigenvalue weighted by atomic mass is 79.9. The van der Waals surface area contributed by atoms with E-state index < -0.39 is 11.7 Å². The van der Waals surface area contributed by atoms with Gasteiger partial charge in [0.2, 0.25) is 5.95 Å². The van der Waals surface area contributed by atoms with Gasteiger partial charge in [-0.1, -0.05) is 45.2 Å². The third kappa shape index (κ3) is 4.01. The molecule has 0 unspecified atom stereocenters. The van der Waals surface area contributed by atoms with Crippen LogP contribution in [0.4, 0.5) is 21.7 Å². The van der Waals surface area contributed by atoms with Gasteiger partial charge in [0.05, 0.1) is 32.3 Å². The molecule has 1 aromatic heterocycles. The zero-order valence-electron chi connectivity index (χ0n) is 15.5. The van der Waals surface area contributed by atoms with Crippen molar-refractivity contribution in [1.29, 1.82) is 0 Å². The van der Waals surface area contributed by atoms with Crippen molar-refractivity contribution in [2.24, 2.45) is 7.05 Å². The number of benzene rings is 3. The third-order valence-electron chi connectivity index (χ3n) is 4.52. The fraction of sp³-hybridized carbons (Fsp3) is 0.0476. The van der Waals surface area contributed by atoms with Crippen molar-refractivity contribution in [1.82, 2.24) is 9.55 Å². The molecule has 3 aromatic carbocycles.